The van der Waals surface area contributed by atoms with Crippen molar-refractivity contribution < 1.29 is 4.79 Å². The minimum atomic E-state index is -0.0989. The number of carbonyl (C=O) groups is 1. The Labute approximate surface area is 157 Å². The number of aromatic nitrogens is 1. The zero-order chi connectivity index (χ0) is 17.9. The van der Waals surface area contributed by atoms with Crippen LogP contribution in [0.4, 0.5) is 10.8 Å². The summed E-state index contributed by atoms with van der Waals surface area (Å²) in [7, 11) is 0. The fraction of sp³-hybridized carbons (Fsp3) is 0.238. The van der Waals surface area contributed by atoms with E-state index in [9.17, 15) is 4.79 Å². The molecule has 1 N–H and O–H groups in total. The average molecular weight is 363 g/mol. The number of rotatable bonds is 4. The number of benzene rings is 2. The third kappa shape index (κ3) is 3.63. The molecule has 0 saturated carbocycles. The van der Waals surface area contributed by atoms with Crippen LogP contribution in [0.15, 0.2) is 53.9 Å². The number of nitrogens with zero attached hydrogens (tertiary/aromatic N) is 2. The number of hydrogen-bond acceptors (Lipinski definition) is 4. The number of hydrogen-bond donors (Lipinski definition) is 1. The van der Waals surface area contributed by atoms with E-state index in [-0.39, 0.29) is 5.91 Å². The molecule has 2 heterocycles. The maximum absolute atomic E-state index is 12.4. The smallest absolute Gasteiger partial charge is 0.255 e. The van der Waals surface area contributed by atoms with Crippen molar-refractivity contribution in [2.24, 2.45) is 0 Å². The zero-order valence-corrected chi connectivity index (χ0v) is 15.6. The van der Waals surface area contributed by atoms with Gasteiger partial charge in [-0.2, -0.15) is 0 Å². The zero-order valence-electron chi connectivity index (χ0n) is 14.7. The first-order valence-corrected chi connectivity index (χ1v) is 9.76. The lowest BCUT2D eigenvalue weighted by atomic mass is 10.1. The Balaban J connectivity index is 1.51. The predicted molar refractivity (Wildman–Crippen MR) is 108 cm³/mol. The number of anilines is 2. The molecular formula is C21H21N3OS. The summed E-state index contributed by atoms with van der Waals surface area (Å²) in [4.78, 5) is 19.5. The maximum Gasteiger partial charge on any atom is 0.255 e. The lowest BCUT2D eigenvalue weighted by Gasteiger charge is -2.12. The number of aryl methyl sites for hydroxylation is 1. The quantitative estimate of drug-likeness (QED) is 0.712. The number of amides is 1. The first-order chi connectivity index (χ1) is 12.7. The van der Waals surface area contributed by atoms with Crippen LogP contribution in [-0.2, 0) is 0 Å². The molecule has 0 bridgehead atoms. The molecule has 0 radical (unpaired) electrons. The van der Waals surface area contributed by atoms with Crippen molar-refractivity contribution in [1.82, 2.24) is 4.98 Å². The molecule has 1 amide bonds. The van der Waals surface area contributed by atoms with E-state index in [1.165, 1.54) is 12.8 Å². The van der Waals surface area contributed by atoms with E-state index in [0.717, 1.165) is 40.7 Å². The Morgan fingerprint density at radius 1 is 1.12 bits per heavy atom. The van der Waals surface area contributed by atoms with Gasteiger partial charge in [-0.1, -0.05) is 29.8 Å². The van der Waals surface area contributed by atoms with E-state index in [0.29, 0.717) is 5.56 Å². The summed E-state index contributed by atoms with van der Waals surface area (Å²) >= 11 is 1.69. The highest BCUT2D eigenvalue weighted by atomic mass is 32.1. The van der Waals surface area contributed by atoms with Crippen molar-refractivity contribution >= 4 is 28.1 Å². The highest BCUT2D eigenvalue weighted by Crippen LogP contribution is 2.30. The molecule has 0 spiro atoms. The van der Waals surface area contributed by atoms with Gasteiger partial charge in [0.05, 0.1) is 5.69 Å². The van der Waals surface area contributed by atoms with Crippen molar-refractivity contribution in [1.29, 1.82) is 0 Å². The molecule has 0 atom stereocenters. The van der Waals surface area contributed by atoms with Crippen LogP contribution < -0.4 is 10.2 Å². The minimum absolute atomic E-state index is 0.0989. The van der Waals surface area contributed by atoms with E-state index >= 15 is 0 Å². The van der Waals surface area contributed by atoms with Crippen LogP contribution in [0.2, 0.25) is 0 Å². The second-order valence-electron chi connectivity index (χ2n) is 6.61. The SMILES string of the molecule is Cc1ccc(C(=O)Nc2cccc(-c3csc(N4CCCC4)n3)c2)cc1. The summed E-state index contributed by atoms with van der Waals surface area (Å²) in [5, 5.41) is 6.16. The molecule has 5 heteroatoms. The van der Waals surface area contributed by atoms with Crippen LogP contribution in [0.5, 0.6) is 0 Å². The van der Waals surface area contributed by atoms with E-state index < -0.39 is 0 Å². The topological polar surface area (TPSA) is 45.2 Å². The van der Waals surface area contributed by atoms with E-state index in [2.05, 4.69) is 15.6 Å². The van der Waals surface area contributed by atoms with Crippen LogP contribution in [0, 0.1) is 6.92 Å². The fourth-order valence-electron chi connectivity index (χ4n) is 3.11. The Kier molecular flexibility index (Phi) is 4.71. The minimum Gasteiger partial charge on any atom is -0.348 e. The van der Waals surface area contributed by atoms with Gasteiger partial charge in [0, 0.05) is 35.3 Å². The van der Waals surface area contributed by atoms with E-state index in [4.69, 9.17) is 4.98 Å². The molecule has 1 aromatic heterocycles. The van der Waals surface area contributed by atoms with Gasteiger partial charge in [0.1, 0.15) is 0 Å². The summed E-state index contributed by atoms with van der Waals surface area (Å²) in [6, 6.07) is 15.5. The van der Waals surface area contributed by atoms with Gasteiger partial charge in [0.25, 0.3) is 5.91 Å². The summed E-state index contributed by atoms with van der Waals surface area (Å²) in [5.74, 6) is -0.0989. The third-order valence-corrected chi connectivity index (χ3v) is 5.50. The molecule has 0 unspecified atom stereocenters. The van der Waals surface area contributed by atoms with Gasteiger partial charge in [-0.3, -0.25) is 4.79 Å². The molecule has 132 valence electrons. The normalized spacial score (nSPS) is 13.8. The summed E-state index contributed by atoms with van der Waals surface area (Å²) in [6.45, 7) is 4.20. The summed E-state index contributed by atoms with van der Waals surface area (Å²) in [5.41, 5.74) is 4.56. The Bertz CT molecular complexity index is 911. The van der Waals surface area contributed by atoms with Crippen LogP contribution in [0.1, 0.15) is 28.8 Å². The number of thiazole rings is 1. The molecule has 1 aliphatic heterocycles. The van der Waals surface area contributed by atoms with Gasteiger partial charge in [-0.25, -0.2) is 4.98 Å². The largest absolute Gasteiger partial charge is 0.348 e. The fourth-order valence-corrected chi connectivity index (χ4v) is 4.00. The molecule has 4 nitrogen and oxygen atoms in total. The van der Waals surface area contributed by atoms with Crippen LogP contribution >= 0.6 is 11.3 Å². The van der Waals surface area contributed by atoms with Crippen molar-refractivity contribution in [2.75, 3.05) is 23.3 Å². The van der Waals surface area contributed by atoms with Gasteiger partial charge in [0.15, 0.2) is 5.13 Å². The highest BCUT2D eigenvalue weighted by Gasteiger charge is 2.16. The molecule has 1 aliphatic rings. The van der Waals surface area contributed by atoms with Crippen LogP contribution in [0.3, 0.4) is 0 Å². The Morgan fingerprint density at radius 3 is 2.65 bits per heavy atom. The first-order valence-electron chi connectivity index (χ1n) is 8.88. The molecule has 1 fully saturated rings. The van der Waals surface area contributed by atoms with Gasteiger partial charge < -0.3 is 10.2 Å². The standard InChI is InChI=1S/C21H21N3OS/c1-15-7-9-16(10-8-15)20(25)22-18-6-4-5-17(13-18)19-14-26-21(23-19)24-11-2-3-12-24/h4-10,13-14H,2-3,11-12H2,1H3,(H,22,25). The molecule has 4 rings (SSSR count). The highest BCUT2D eigenvalue weighted by molar-refractivity contribution is 7.14. The van der Waals surface area contributed by atoms with Crippen molar-refractivity contribution in [3.05, 3.63) is 65.0 Å². The number of nitrogens with one attached hydrogen (secondary N) is 1. The monoisotopic (exact) mass is 363 g/mol. The molecule has 26 heavy (non-hydrogen) atoms. The molecule has 3 aromatic rings. The van der Waals surface area contributed by atoms with E-state index in [1.54, 1.807) is 11.3 Å². The van der Waals surface area contributed by atoms with Gasteiger partial charge in [-0.05, 0) is 44.0 Å². The summed E-state index contributed by atoms with van der Waals surface area (Å²) in [6.07, 6.45) is 2.49. The average Bonchev–Trinajstić information content (AvgIpc) is 3.34. The molecular weight excluding hydrogens is 342 g/mol. The Hall–Kier alpha value is -2.66. The third-order valence-electron chi connectivity index (χ3n) is 4.60. The second kappa shape index (κ2) is 7.30. The van der Waals surface area contributed by atoms with Crippen LogP contribution in [-0.4, -0.2) is 24.0 Å². The second-order valence-corrected chi connectivity index (χ2v) is 7.45. The molecule has 1 saturated heterocycles. The number of carbonyl (C=O) groups excluding carboxylic acids is 1. The Morgan fingerprint density at radius 2 is 1.88 bits per heavy atom. The molecule has 0 aliphatic carbocycles. The summed E-state index contributed by atoms with van der Waals surface area (Å²) < 4.78 is 0. The lowest BCUT2D eigenvalue weighted by Crippen LogP contribution is -2.17. The van der Waals surface area contributed by atoms with Gasteiger partial charge in [0.2, 0.25) is 0 Å². The lowest BCUT2D eigenvalue weighted by molar-refractivity contribution is 0.102. The van der Waals surface area contributed by atoms with Crippen molar-refractivity contribution in [3.63, 3.8) is 0 Å². The first kappa shape index (κ1) is 16.8. The van der Waals surface area contributed by atoms with Crippen molar-refractivity contribution in [2.45, 2.75) is 19.8 Å². The predicted octanol–water partition coefficient (Wildman–Crippen LogP) is 4.97. The molecule has 2 aromatic carbocycles. The van der Waals surface area contributed by atoms with Gasteiger partial charge in [-0.15, -0.1) is 11.3 Å². The van der Waals surface area contributed by atoms with E-state index in [1.807, 2.05) is 55.5 Å². The maximum atomic E-state index is 12.4. The van der Waals surface area contributed by atoms with Crippen LogP contribution in [0.25, 0.3) is 11.3 Å². The van der Waals surface area contributed by atoms with Gasteiger partial charge >= 0.3 is 0 Å². The van der Waals surface area contributed by atoms with Crippen molar-refractivity contribution in [3.8, 4) is 11.3 Å².